The van der Waals surface area contributed by atoms with Crippen molar-refractivity contribution in [3.05, 3.63) is 68.0 Å². The zero-order chi connectivity index (χ0) is 28.7. The van der Waals surface area contributed by atoms with E-state index in [0.29, 0.717) is 28.1 Å². The van der Waals surface area contributed by atoms with Crippen LogP contribution in [0.2, 0.25) is 10.0 Å². The van der Waals surface area contributed by atoms with E-state index in [1.54, 1.807) is 14.2 Å². The number of aromatic nitrogens is 1. The molecule has 0 aliphatic heterocycles. The fourth-order valence-electron chi connectivity index (χ4n) is 4.11. The number of benzene rings is 2. The number of methoxy groups -OCH3 is 2. The molecule has 39 heavy (non-hydrogen) atoms. The van der Waals surface area contributed by atoms with Gasteiger partial charge in [-0.2, -0.15) is 0 Å². The summed E-state index contributed by atoms with van der Waals surface area (Å²) in [5.41, 5.74) is 3.03. The number of thiazole rings is 1. The molecule has 3 rings (SSSR count). The second-order valence-corrected chi connectivity index (χ2v) is 11.1. The number of carbonyl (C=O) groups excluding carboxylic acids is 1. The Balaban J connectivity index is 1.83. The molecule has 2 aromatic carbocycles. The maximum absolute atomic E-state index is 12.9. The van der Waals surface area contributed by atoms with Gasteiger partial charge in [-0.25, -0.2) is 9.78 Å². The third kappa shape index (κ3) is 7.82. The number of carbonyl (C=O) groups is 2. The third-order valence-electron chi connectivity index (χ3n) is 6.17. The van der Waals surface area contributed by atoms with Gasteiger partial charge in [0.15, 0.2) is 5.13 Å². The lowest BCUT2D eigenvalue weighted by Gasteiger charge is -2.20. The second kappa shape index (κ2) is 13.9. The van der Waals surface area contributed by atoms with Crippen LogP contribution in [0.4, 0.5) is 5.13 Å². The molecule has 2 N–H and O–H groups in total. The molecule has 1 heterocycles. The van der Waals surface area contributed by atoms with E-state index in [9.17, 15) is 9.59 Å². The molecule has 0 aliphatic rings. The van der Waals surface area contributed by atoms with Crippen molar-refractivity contribution in [3.63, 3.8) is 0 Å². The van der Waals surface area contributed by atoms with Crippen LogP contribution in [-0.4, -0.2) is 36.2 Å². The maximum atomic E-state index is 12.9. The van der Waals surface area contributed by atoms with Crippen LogP contribution in [0.5, 0.6) is 5.75 Å². The van der Waals surface area contributed by atoms with Gasteiger partial charge in [-0.05, 0) is 43.5 Å². The van der Waals surface area contributed by atoms with Gasteiger partial charge in [-0.15, -0.1) is 11.3 Å². The number of halogens is 2. The van der Waals surface area contributed by atoms with Crippen molar-refractivity contribution in [2.24, 2.45) is 5.92 Å². The molecule has 0 saturated carbocycles. The van der Waals surface area contributed by atoms with Gasteiger partial charge >= 0.3 is 5.97 Å². The topological polar surface area (TPSA) is 97.8 Å². The van der Waals surface area contributed by atoms with Gasteiger partial charge in [0.2, 0.25) is 0 Å². The van der Waals surface area contributed by atoms with Crippen LogP contribution >= 0.6 is 34.5 Å². The molecule has 0 fully saturated rings. The summed E-state index contributed by atoms with van der Waals surface area (Å²) in [7, 11) is 3.33. The lowest BCUT2D eigenvalue weighted by atomic mass is 9.97. The summed E-state index contributed by atoms with van der Waals surface area (Å²) in [6.07, 6.45) is 4.29. The number of nitrogens with one attached hydrogen (secondary N) is 1. The first-order chi connectivity index (χ1) is 18.5. The lowest BCUT2D eigenvalue weighted by molar-refractivity contribution is -0.132. The highest BCUT2D eigenvalue weighted by molar-refractivity contribution is 7.14. The highest BCUT2D eigenvalue weighted by Gasteiger charge is 2.21. The molecule has 7 nitrogen and oxygen atoms in total. The van der Waals surface area contributed by atoms with Gasteiger partial charge in [-0.3, -0.25) is 10.1 Å². The molecule has 0 bridgehead atoms. The van der Waals surface area contributed by atoms with E-state index in [1.807, 2.05) is 23.6 Å². The molecule has 1 atom stereocenters. The number of para-hydroxylation sites is 1. The Morgan fingerprint density at radius 2 is 1.85 bits per heavy atom. The molecule has 1 amide bonds. The van der Waals surface area contributed by atoms with E-state index >= 15 is 0 Å². The summed E-state index contributed by atoms with van der Waals surface area (Å²) in [6.45, 7) is 5.85. The summed E-state index contributed by atoms with van der Waals surface area (Å²) in [5.74, 6) is -0.219. The monoisotopic (exact) mass is 590 g/mol. The first-order valence-electron chi connectivity index (χ1n) is 12.4. The average molecular weight is 592 g/mol. The number of nitrogens with zero attached hydrogens (tertiary/aromatic N) is 1. The van der Waals surface area contributed by atoms with Crippen LogP contribution in [0.1, 0.15) is 67.6 Å². The van der Waals surface area contributed by atoms with Crippen molar-refractivity contribution in [2.45, 2.75) is 46.1 Å². The molecule has 0 spiro atoms. The standard InChI is InChI=1S/C29H32Cl2N2O5S/c1-16(2)8-6-11-25(37-4)20-10-7-9-19(26(20)38-5)24-15-39-29(32-24)33-27(34)18-13-22(30)21(23(31)14-18)12-17(3)28(35)36/h7,9-10,12-16,25H,6,8,11H2,1-5H3,(H,35,36)(H,32,33,34)/t25-/m1/s1. The van der Waals surface area contributed by atoms with Crippen LogP contribution in [0.25, 0.3) is 17.3 Å². The molecule has 0 unspecified atom stereocenters. The fraction of sp³-hybridized carbons (Fsp3) is 0.345. The van der Waals surface area contributed by atoms with Crippen molar-refractivity contribution in [3.8, 4) is 17.0 Å². The van der Waals surface area contributed by atoms with Gasteiger partial charge in [0.05, 0.1) is 29.0 Å². The van der Waals surface area contributed by atoms with Gasteiger partial charge in [0.25, 0.3) is 5.91 Å². The van der Waals surface area contributed by atoms with Crippen molar-refractivity contribution < 1.29 is 24.2 Å². The summed E-state index contributed by atoms with van der Waals surface area (Å²) in [4.78, 5) is 28.7. The van der Waals surface area contributed by atoms with Crippen molar-refractivity contribution in [2.75, 3.05) is 19.5 Å². The highest BCUT2D eigenvalue weighted by Crippen LogP contribution is 2.40. The molecule has 0 saturated heterocycles. The quantitative estimate of drug-likeness (QED) is 0.205. The molecular formula is C29H32Cl2N2O5S. The van der Waals surface area contributed by atoms with Gasteiger partial charge in [-0.1, -0.05) is 62.0 Å². The minimum atomic E-state index is -1.09. The van der Waals surface area contributed by atoms with Crippen LogP contribution in [0, 0.1) is 5.92 Å². The molecular weight excluding hydrogens is 559 g/mol. The summed E-state index contributed by atoms with van der Waals surface area (Å²) in [6, 6.07) is 8.76. The molecule has 10 heteroatoms. The fourth-order valence-corrected chi connectivity index (χ4v) is 5.41. The number of anilines is 1. The average Bonchev–Trinajstić information content (AvgIpc) is 3.36. The van der Waals surface area contributed by atoms with Gasteiger partial charge in [0, 0.05) is 40.3 Å². The predicted octanol–water partition coefficient (Wildman–Crippen LogP) is 8.38. The van der Waals surface area contributed by atoms with E-state index in [1.165, 1.54) is 36.5 Å². The van der Waals surface area contributed by atoms with Crippen LogP contribution in [0.3, 0.4) is 0 Å². The number of hydrogen-bond acceptors (Lipinski definition) is 6. The summed E-state index contributed by atoms with van der Waals surface area (Å²) >= 11 is 13.9. The van der Waals surface area contributed by atoms with E-state index in [0.717, 1.165) is 30.4 Å². The smallest absolute Gasteiger partial charge is 0.331 e. The normalized spacial score (nSPS) is 12.5. The van der Waals surface area contributed by atoms with E-state index < -0.39 is 11.9 Å². The Morgan fingerprint density at radius 1 is 1.15 bits per heavy atom. The van der Waals surface area contributed by atoms with Gasteiger partial charge in [0.1, 0.15) is 5.75 Å². The number of aliphatic carboxylic acids is 1. The van der Waals surface area contributed by atoms with Crippen LogP contribution < -0.4 is 10.1 Å². The Hall–Kier alpha value is -2.91. The summed E-state index contributed by atoms with van der Waals surface area (Å²) < 4.78 is 11.6. The first kappa shape index (κ1) is 30.6. The Bertz CT molecular complexity index is 1350. The van der Waals surface area contributed by atoms with Crippen LogP contribution in [0.15, 0.2) is 41.3 Å². The molecule has 0 aliphatic carbocycles. The highest BCUT2D eigenvalue weighted by atomic mass is 35.5. The molecule has 1 aromatic heterocycles. The van der Waals surface area contributed by atoms with E-state index in [4.69, 9.17) is 37.8 Å². The summed E-state index contributed by atoms with van der Waals surface area (Å²) in [5, 5.41) is 14.5. The van der Waals surface area contributed by atoms with Crippen molar-refractivity contribution in [1.29, 1.82) is 0 Å². The minimum Gasteiger partial charge on any atom is -0.496 e. The molecule has 208 valence electrons. The molecule has 0 radical (unpaired) electrons. The maximum Gasteiger partial charge on any atom is 0.331 e. The number of carboxylic acids is 1. The third-order valence-corrected chi connectivity index (χ3v) is 7.55. The largest absolute Gasteiger partial charge is 0.496 e. The number of amides is 1. The van der Waals surface area contributed by atoms with Crippen molar-refractivity contribution >= 4 is 57.6 Å². The van der Waals surface area contributed by atoms with Crippen molar-refractivity contribution in [1.82, 2.24) is 4.98 Å². The van der Waals surface area contributed by atoms with E-state index in [-0.39, 0.29) is 27.3 Å². The zero-order valence-corrected chi connectivity index (χ0v) is 24.8. The number of rotatable bonds is 12. The lowest BCUT2D eigenvalue weighted by Crippen LogP contribution is -2.12. The zero-order valence-electron chi connectivity index (χ0n) is 22.5. The van der Waals surface area contributed by atoms with Crippen LogP contribution in [-0.2, 0) is 9.53 Å². The number of ether oxygens (including phenoxy) is 2. The SMILES string of the molecule is COc1c(-c2csc(NC(=O)c3cc(Cl)c(C=C(C)C(=O)O)c(Cl)c3)n2)cccc1[C@@H](CCCC(C)C)OC. The Morgan fingerprint density at radius 3 is 2.44 bits per heavy atom. The Kier molecular flexibility index (Phi) is 10.9. The minimum absolute atomic E-state index is 0.0678. The number of carboxylic acid groups (broad SMARTS) is 1. The second-order valence-electron chi connectivity index (χ2n) is 9.46. The Labute approximate surface area is 242 Å². The van der Waals surface area contributed by atoms with Gasteiger partial charge < -0.3 is 14.6 Å². The first-order valence-corrected chi connectivity index (χ1v) is 14.1. The predicted molar refractivity (Wildman–Crippen MR) is 158 cm³/mol. The number of hydrogen-bond donors (Lipinski definition) is 2. The molecule has 3 aromatic rings. The van der Waals surface area contributed by atoms with E-state index in [2.05, 4.69) is 24.1 Å².